The van der Waals surface area contributed by atoms with Crippen molar-refractivity contribution in [2.24, 2.45) is 0 Å². The Morgan fingerprint density at radius 3 is 2.56 bits per heavy atom. The molecule has 0 radical (unpaired) electrons. The number of nitrogens with zero attached hydrogens (tertiary/aromatic N) is 4. The van der Waals surface area contributed by atoms with Gasteiger partial charge in [0.05, 0.1) is 34.9 Å². The Morgan fingerprint density at radius 1 is 1.18 bits per heavy atom. The zero-order valence-corrected chi connectivity index (χ0v) is 18.5. The quantitative estimate of drug-likeness (QED) is 0.373. The molecule has 7 nitrogen and oxygen atoms in total. The molecule has 0 N–H and O–H groups in total. The van der Waals surface area contributed by atoms with Crippen molar-refractivity contribution in [3.8, 4) is 6.07 Å². The molecule has 3 saturated heterocycles. The van der Waals surface area contributed by atoms with Crippen LogP contribution in [0.2, 0.25) is 5.02 Å². The highest BCUT2D eigenvalue weighted by atomic mass is 35.5. The summed E-state index contributed by atoms with van der Waals surface area (Å²) in [7, 11) is 0. The van der Waals surface area contributed by atoms with E-state index in [0.29, 0.717) is 5.56 Å². The van der Waals surface area contributed by atoms with Crippen LogP contribution < -0.4 is 4.90 Å². The average Bonchev–Trinajstić information content (AvgIpc) is 3.43. The first kappa shape index (κ1) is 22.5. The molecule has 3 amide bonds. The van der Waals surface area contributed by atoms with Crippen molar-refractivity contribution in [3.63, 3.8) is 0 Å². The van der Waals surface area contributed by atoms with Crippen molar-refractivity contribution in [1.82, 2.24) is 4.90 Å². The SMILES string of the molecule is Cc1c(N2C(=O)C3CN4CC(C(=O)c5ccccc5C(F)(F)F)[N+]3(C4)C2=O)ccc(C#N)c1Cl. The number of hydrogen-bond donors (Lipinski definition) is 0. The third-order valence-electron chi connectivity index (χ3n) is 6.98. The maximum absolute atomic E-state index is 13.8. The number of ketones is 1. The van der Waals surface area contributed by atoms with E-state index >= 15 is 0 Å². The van der Waals surface area contributed by atoms with Gasteiger partial charge in [0, 0.05) is 5.56 Å². The van der Waals surface area contributed by atoms with Crippen LogP contribution in [0.4, 0.5) is 23.7 Å². The van der Waals surface area contributed by atoms with Crippen LogP contribution >= 0.6 is 11.6 Å². The number of amides is 3. The molecule has 3 fully saturated rings. The Labute approximate surface area is 197 Å². The van der Waals surface area contributed by atoms with E-state index in [2.05, 4.69) is 0 Å². The zero-order valence-electron chi connectivity index (χ0n) is 17.8. The lowest BCUT2D eigenvalue weighted by molar-refractivity contribution is -0.852. The standard InChI is InChI=1S/C23H17ClF3N4O3/c1-12-16(7-6-13(8-28)19(12)24)30-21(33)18-10-29-9-17(31(18,11-29)22(30)34)20(32)14-4-2-3-5-15(14)23(25,26)27/h2-7,17-18H,9-11H2,1H3/q+1. The summed E-state index contributed by atoms with van der Waals surface area (Å²) in [6.45, 7) is 1.91. The highest BCUT2D eigenvalue weighted by Crippen LogP contribution is 2.46. The summed E-state index contributed by atoms with van der Waals surface area (Å²) in [6.07, 6.45) is -4.74. The Hall–Kier alpha value is -3.26. The number of urea groups is 1. The number of fused-ring (bicyclic) bond motifs is 1. The van der Waals surface area contributed by atoms with Crippen LogP contribution in [0.15, 0.2) is 36.4 Å². The van der Waals surface area contributed by atoms with E-state index in [1.54, 1.807) is 11.8 Å². The highest BCUT2D eigenvalue weighted by Gasteiger charge is 2.73. The number of piperazine rings is 1. The van der Waals surface area contributed by atoms with Crippen LogP contribution in [0.3, 0.4) is 0 Å². The maximum Gasteiger partial charge on any atom is 0.433 e. The predicted octanol–water partition coefficient (Wildman–Crippen LogP) is 3.73. The van der Waals surface area contributed by atoms with Crippen molar-refractivity contribution in [2.75, 3.05) is 24.7 Å². The molecule has 11 heteroatoms. The van der Waals surface area contributed by atoms with Crippen LogP contribution in [0.1, 0.15) is 27.0 Å². The summed E-state index contributed by atoms with van der Waals surface area (Å²) >= 11 is 6.24. The van der Waals surface area contributed by atoms with Gasteiger partial charge in [0.1, 0.15) is 12.7 Å². The molecule has 0 aliphatic carbocycles. The van der Waals surface area contributed by atoms with Gasteiger partial charge in [-0.25, -0.2) is 14.2 Å². The maximum atomic E-state index is 13.8. The van der Waals surface area contributed by atoms with Crippen molar-refractivity contribution in [1.29, 1.82) is 5.26 Å². The number of rotatable bonds is 3. The molecule has 3 aliphatic rings. The van der Waals surface area contributed by atoms with Crippen LogP contribution in [0, 0.1) is 18.3 Å². The fraction of sp³-hybridized carbons (Fsp3) is 0.304. The molecule has 34 heavy (non-hydrogen) atoms. The molecular formula is C23H17ClF3N4O3+. The molecule has 3 heterocycles. The second-order valence-electron chi connectivity index (χ2n) is 8.69. The van der Waals surface area contributed by atoms with Crippen molar-refractivity contribution in [3.05, 3.63) is 63.7 Å². The number of carbonyl (C=O) groups is 3. The topological polar surface area (TPSA) is 81.5 Å². The Balaban J connectivity index is 1.59. The second kappa shape index (κ2) is 7.37. The van der Waals surface area contributed by atoms with Crippen LogP contribution in [0.25, 0.3) is 0 Å². The van der Waals surface area contributed by atoms with Gasteiger partial charge in [-0.3, -0.25) is 9.59 Å². The molecule has 1 spiro atoms. The van der Waals surface area contributed by atoms with Gasteiger partial charge >= 0.3 is 12.2 Å². The monoisotopic (exact) mass is 489 g/mol. The normalized spacial score (nSPS) is 27.8. The number of halogens is 4. The second-order valence-corrected chi connectivity index (χ2v) is 9.06. The minimum Gasteiger partial charge on any atom is -0.287 e. The minimum absolute atomic E-state index is 0.0550. The summed E-state index contributed by atoms with van der Waals surface area (Å²) in [5, 5.41) is 9.29. The van der Waals surface area contributed by atoms with Gasteiger partial charge in [0.25, 0.3) is 5.91 Å². The number of nitriles is 1. The van der Waals surface area contributed by atoms with Crippen molar-refractivity contribution in [2.45, 2.75) is 25.2 Å². The molecule has 4 atom stereocenters. The van der Waals surface area contributed by atoms with E-state index in [4.69, 9.17) is 11.6 Å². The van der Waals surface area contributed by atoms with Crippen molar-refractivity contribution < 1.29 is 32.0 Å². The number of carbonyl (C=O) groups excluding carboxylic acids is 3. The van der Waals surface area contributed by atoms with Crippen LogP contribution in [-0.2, 0) is 11.0 Å². The smallest absolute Gasteiger partial charge is 0.287 e. The fourth-order valence-electron chi connectivity index (χ4n) is 5.39. The first-order chi connectivity index (χ1) is 16.0. The molecule has 3 aliphatic heterocycles. The lowest BCUT2D eigenvalue weighted by atomic mass is 9.95. The fourth-order valence-corrected chi connectivity index (χ4v) is 5.59. The summed E-state index contributed by atoms with van der Waals surface area (Å²) in [5.74, 6) is -1.37. The lowest BCUT2D eigenvalue weighted by Crippen LogP contribution is -2.62. The average molecular weight is 490 g/mol. The largest absolute Gasteiger partial charge is 0.433 e. The molecule has 2 bridgehead atoms. The van der Waals surface area contributed by atoms with E-state index in [1.807, 2.05) is 6.07 Å². The molecule has 2 aromatic carbocycles. The zero-order chi connectivity index (χ0) is 24.6. The van der Waals surface area contributed by atoms with E-state index in [0.717, 1.165) is 17.0 Å². The van der Waals surface area contributed by atoms with E-state index < -0.39 is 51.6 Å². The van der Waals surface area contributed by atoms with Gasteiger partial charge in [-0.1, -0.05) is 29.8 Å². The summed E-state index contributed by atoms with van der Waals surface area (Å²) in [6, 6.07) is 6.50. The van der Waals surface area contributed by atoms with Crippen LogP contribution in [0.5, 0.6) is 0 Å². The number of alkyl halides is 3. The Kier molecular flexibility index (Phi) is 4.88. The number of quaternary nitrogens is 1. The lowest BCUT2D eigenvalue weighted by Gasteiger charge is -2.33. The number of anilines is 1. The van der Waals surface area contributed by atoms with E-state index in [9.17, 15) is 32.8 Å². The Bertz CT molecular complexity index is 1320. The third-order valence-corrected chi connectivity index (χ3v) is 7.47. The van der Waals surface area contributed by atoms with Gasteiger partial charge in [-0.15, -0.1) is 0 Å². The van der Waals surface area contributed by atoms with Gasteiger partial charge in [0.15, 0.2) is 12.1 Å². The Morgan fingerprint density at radius 2 is 1.88 bits per heavy atom. The number of imide groups is 1. The minimum atomic E-state index is -4.74. The van der Waals surface area contributed by atoms with Gasteiger partial charge in [-0.05, 0) is 30.7 Å². The van der Waals surface area contributed by atoms with E-state index in [1.165, 1.54) is 24.3 Å². The van der Waals surface area contributed by atoms with Crippen molar-refractivity contribution >= 4 is 35.0 Å². The number of benzene rings is 2. The molecule has 174 valence electrons. The molecule has 0 aromatic heterocycles. The summed E-state index contributed by atoms with van der Waals surface area (Å²) in [5.41, 5.74) is -0.863. The summed E-state index contributed by atoms with van der Waals surface area (Å²) < 4.78 is 40.2. The molecule has 2 aromatic rings. The highest BCUT2D eigenvalue weighted by molar-refractivity contribution is 6.33. The van der Waals surface area contributed by atoms with Crippen LogP contribution in [-0.4, -0.2) is 58.9 Å². The third kappa shape index (κ3) is 2.87. The number of Topliss-reactive ketones (excluding diaryl/α,β-unsaturated/α-hetero) is 1. The van der Waals surface area contributed by atoms with Gasteiger partial charge in [-0.2, -0.15) is 23.3 Å². The summed E-state index contributed by atoms with van der Waals surface area (Å²) in [4.78, 5) is 43.4. The van der Waals surface area contributed by atoms with E-state index in [-0.39, 0.29) is 36.0 Å². The predicted molar refractivity (Wildman–Crippen MR) is 114 cm³/mol. The van der Waals surface area contributed by atoms with Gasteiger partial charge < -0.3 is 0 Å². The molecule has 5 rings (SSSR count). The number of hydrogen-bond acceptors (Lipinski definition) is 5. The molecule has 4 unspecified atom stereocenters. The molecular weight excluding hydrogens is 473 g/mol. The molecule has 0 saturated carbocycles. The van der Waals surface area contributed by atoms with Gasteiger partial charge in [0.2, 0.25) is 5.78 Å². The first-order valence-corrected chi connectivity index (χ1v) is 10.8. The first-order valence-electron chi connectivity index (χ1n) is 10.4.